The highest BCUT2D eigenvalue weighted by atomic mass is 16.5. The molecular formula is C13H25NO3. The molecule has 100 valence electrons. The Morgan fingerprint density at radius 3 is 2.65 bits per heavy atom. The van der Waals surface area contributed by atoms with Gasteiger partial charge in [0.1, 0.15) is 0 Å². The SMILES string of the molecule is CCOC(=O)/C=C/CNCC(O)CC(C)(C)C. The Labute approximate surface area is 104 Å². The van der Waals surface area contributed by atoms with E-state index in [4.69, 9.17) is 4.74 Å². The van der Waals surface area contributed by atoms with Gasteiger partial charge in [0, 0.05) is 19.2 Å². The van der Waals surface area contributed by atoms with Crippen molar-refractivity contribution >= 4 is 5.97 Å². The molecule has 0 bridgehead atoms. The van der Waals surface area contributed by atoms with Gasteiger partial charge in [-0.3, -0.25) is 0 Å². The fourth-order valence-corrected chi connectivity index (χ4v) is 1.46. The van der Waals surface area contributed by atoms with Crippen LogP contribution in [0.5, 0.6) is 0 Å². The third-order valence-electron chi connectivity index (χ3n) is 2.03. The maximum absolute atomic E-state index is 10.9. The Bertz CT molecular complexity index is 244. The van der Waals surface area contributed by atoms with E-state index in [1.54, 1.807) is 13.0 Å². The molecule has 0 aliphatic carbocycles. The van der Waals surface area contributed by atoms with Gasteiger partial charge in [-0.05, 0) is 18.8 Å². The van der Waals surface area contributed by atoms with E-state index >= 15 is 0 Å². The lowest BCUT2D eigenvalue weighted by atomic mass is 9.89. The third kappa shape index (κ3) is 11.4. The zero-order chi connectivity index (χ0) is 13.3. The van der Waals surface area contributed by atoms with Crippen molar-refractivity contribution in [3.8, 4) is 0 Å². The number of aliphatic hydroxyl groups is 1. The maximum atomic E-state index is 10.9. The second kappa shape index (κ2) is 8.25. The summed E-state index contributed by atoms with van der Waals surface area (Å²) in [4.78, 5) is 10.9. The minimum Gasteiger partial charge on any atom is -0.463 e. The fraction of sp³-hybridized carbons (Fsp3) is 0.769. The number of aliphatic hydroxyl groups excluding tert-OH is 1. The number of carbonyl (C=O) groups excluding carboxylic acids is 1. The van der Waals surface area contributed by atoms with Gasteiger partial charge in [0.15, 0.2) is 0 Å². The summed E-state index contributed by atoms with van der Waals surface area (Å²) in [7, 11) is 0. The van der Waals surface area contributed by atoms with Crippen LogP contribution in [-0.4, -0.2) is 36.9 Å². The Hall–Kier alpha value is -0.870. The maximum Gasteiger partial charge on any atom is 0.330 e. The molecule has 0 aliphatic heterocycles. The van der Waals surface area contributed by atoms with E-state index in [0.717, 1.165) is 6.42 Å². The van der Waals surface area contributed by atoms with Crippen molar-refractivity contribution in [1.82, 2.24) is 5.32 Å². The first-order valence-corrected chi connectivity index (χ1v) is 6.07. The van der Waals surface area contributed by atoms with E-state index in [9.17, 15) is 9.90 Å². The van der Waals surface area contributed by atoms with Gasteiger partial charge in [-0.25, -0.2) is 4.79 Å². The first kappa shape index (κ1) is 16.1. The summed E-state index contributed by atoms with van der Waals surface area (Å²) in [5, 5.41) is 12.8. The first-order valence-electron chi connectivity index (χ1n) is 6.07. The number of rotatable bonds is 7. The Morgan fingerprint density at radius 2 is 2.12 bits per heavy atom. The molecule has 0 saturated heterocycles. The van der Waals surface area contributed by atoms with E-state index in [1.807, 2.05) is 0 Å². The Kier molecular flexibility index (Phi) is 7.83. The van der Waals surface area contributed by atoms with Gasteiger partial charge in [0.2, 0.25) is 0 Å². The molecule has 2 N–H and O–H groups in total. The molecule has 0 heterocycles. The highest BCUT2D eigenvalue weighted by Gasteiger charge is 2.15. The van der Waals surface area contributed by atoms with Crippen molar-refractivity contribution < 1.29 is 14.6 Å². The molecule has 17 heavy (non-hydrogen) atoms. The predicted octanol–water partition coefficient (Wildman–Crippen LogP) is 1.49. The van der Waals surface area contributed by atoms with Crippen molar-refractivity contribution in [2.45, 2.75) is 40.2 Å². The lowest BCUT2D eigenvalue weighted by Crippen LogP contribution is -2.30. The van der Waals surface area contributed by atoms with Gasteiger partial charge >= 0.3 is 5.97 Å². The quantitative estimate of drug-likeness (QED) is 0.404. The van der Waals surface area contributed by atoms with Crippen molar-refractivity contribution in [1.29, 1.82) is 0 Å². The zero-order valence-electron chi connectivity index (χ0n) is 11.3. The van der Waals surface area contributed by atoms with Crippen LogP contribution in [0.25, 0.3) is 0 Å². The molecule has 1 atom stereocenters. The largest absolute Gasteiger partial charge is 0.463 e. The van der Waals surface area contributed by atoms with E-state index in [0.29, 0.717) is 19.7 Å². The molecule has 0 spiro atoms. The normalized spacial score (nSPS) is 13.9. The fourth-order valence-electron chi connectivity index (χ4n) is 1.46. The molecule has 0 rings (SSSR count). The van der Waals surface area contributed by atoms with Crippen LogP contribution < -0.4 is 5.32 Å². The van der Waals surface area contributed by atoms with Gasteiger partial charge in [-0.1, -0.05) is 26.8 Å². The van der Waals surface area contributed by atoms with Crippen LogP contribution in [0.3, 0.4) is 0 Å². The highest BCUT2D eigenvalue weighted by Crippen LogP contribution is 2.20. The number of ether oxygens (including phenoxy) is 1. The Balaban J connectivity index is 3.61. The van der Waals surface area contributed by atoms with Crippen molar-refractivity contribution in [3.63, 3.8) is 0 Å². The minimum atomic E-state index is -0.356. The number of hydrogen-bond acceptors (Lipinski definition) is 4. The summed E-state index contributed by atoms with van der Waals surface area (Å²) in [6.07, 6.45) is 3.49. The summed E-state index contributed by atoms with van der Waals surface area (Å²) in [6, 6.07) is 0. The number of nitrogens with one attached hydrogen (secondary N) is 1. The summed E-state index contributed by atoms with van der Waals surface area (Å²) in [5.41, 5.74) is 0.127. The van der Waals surface area contributed by atoms with Gasteiger partial charge in [0.25, 0.3) is 0 Å². The average Bonchev–Trinajstić information content (AvgIpc) is 2.14. The summed E-state index contributed by atoms with van der Waals surface area (Å²) >= 11 is 0. The van der Waals surface area contributed by atoms with Crippen LogP contribution in [0.4, 0.5) is 0 Å². The van der Waals surface area contributed by atoms with E-state index in [2.05, 4.69) is 26.1 Å². The van der Waals surface area contributed by atoms with Gasteiger partial charge < -0.3 is 15.2 Å². The minimum absolute atomic E-state index is 0.127. The number of hydrogen-bond donors (Lipinski definition) is 2. The molecule has 0 amide bonds. The number of esters is 1. The Morgan fingerprint density at radius 1 is 1.47 bits per heavy atom. The molecule has 0 aromatic heterocycles. The van der Waals surface area contributed by atoms with Crippen molar-refractivity contribution in [2.75, 3.05) is 19.7 Å². The van der Waals surface area contributed by atoms with Crippen LogP contribution in [0.2, 0.25) is 0 Å². The summed E-state index contributed by atoms with van der Waals surface area (Å²) in [5.74, 6) is -0.329. The highest BCUT2D eigenvalue weighted by molar-refractivity contribution is 5.81. The van der Waals surface area contributed by atoms with E-state index in [1.165, 1.54) is 6.08 Å². The first-order chi connectivity index (χ1) is 7.85. The molecule has 0 fully saturated rings. The van der Waals surface area contributed by atoms with Gasteiger partial charge in [-0.2, -0.15) is 0 Å². The second-order valence-corrected chi connectivity index (χ2v) is 5.23. The standard InChI is InChI=1S/C13H25NO3/c1-5-17-12(16)7-6-8-14-10-11(15)9-13(2,3)4/h6-7,11,14-15H,5,8-10H2,1-4H3/b7-6+. The van der Waals surface area contributed by atoms with Crippen molar-refractivity contribution in [2.24, 2.45) is 5.41 Å². The third-order valence-corrected chi connectivity index (χ3v) is 2.03. The van der Waals surface area contributed by atoms with Crippen molar-refractivity contribution in [3.05, 3.63) is 12.2 Å². The van der Waals surface area contributed by atoms with Crippen LogP contribution in [0, 0.1) is 5.41 Å². The molecule has 1 unspecified atom stereocenters. The second-order valence-electron chi connectivity index (χ2n) is 5.23. The van der Waals surface area contributed by atoms with Crippen LogP contribution in [0.15, 0.2) is 12.2 Å². The lowest BCUT2D eigenvalue weighted by molar-refractivity contribution is -0.137. The number of carbonyl (C=O) groups is 1. The van der Waals surface area contributed by atoms with Gasteiger partial charge in [0.05, 0.1) is 12.7 Å². The smallest absolute Gasteiger partial charge is 0.330 e. The molecule has 0 aromatic rings. The molecule has 4 nitrogen and oxygen atoms in total. The summed E-state index contributed by atoms with van der Waals surface area (Å²) < 4.78 is 4.73. The molecule has 0 radical (unpaired) electrons. The molecule has 4 heteroatoms. The lowest BCUT2D eigenvalue weighted by Gasteiger charge is -2.22. The predicted molar refractivity (Wildman–Crippen MR) is 68.7 cm³/mol. The molecular weight excluding hydrogens is 218 g/mol. The molecule has 0 aromatic carbocycles. The van der Waals surface area contributed by atoms with Crippen LogP contribution >= 0.6 is 0 Å². The molecule has 0 saturated carbocycles. The van der Waals surface area contributed by atoms with Crippen LogP contribution in [-0.2, 0) is 9.53 Å². The average molecular weight is 243 g/mol. The monoisotopic (exact) mass is 243 g/mol. The topological polar surface area (TPSA) is 58.6 Å². The van der Waals surface area contributed by atoms with Gasteiger partial charge in [-0.15, -0.1) is 0 Å². The van der Waals surface area contributed by atoms with E-state index < -0.39 is 0 Å². The van der Waals surface area contributed by atoms with E-state index in [-0.39, 0.29) is 17.5 Å². The summed E-state index contributed by atoms with van der Waals surface area (Å²) in [6.45, 7) is 9.53. The zero-order valence-corrected chi connectivity index (χ0v) is 11.3. The molecule has 0 aliphatic rings. The van der Waals surface area contributed by atoms with Crippen LogP contribution in [0.1, 0.15) is 34.1 Å².